The van der Waals surface area contributed by atoms with Crippen LogP contribution in [0.2, 0.25) is 0 Å². The molecule has 2 aromatic carbocycles. The Kier molecular flexibility index (Phi) is 4.27. The molecule has 2 heterocycles. The predicted octanol–water partition coefficient (Wildman–Crippen LogP) is 3.47. The van der Waals surface area contributed by atoms with E-state index in [0.29, 0.717) is 5.56 Å². The third-order valence-corrected chi connectivity index (χ3v) is 4.63. The Morgan fingerprint density at radius 2 is 1.86 bits per heavy atom. The van der Waals surface area contributed by atoms with Crippen molar-refractivity contribution in [2.24, 2.45) is 0 Å². The zero-order valence-corrected chi connectivity index (χ0v) is 15.0. The highest BCUT2D eigenvalue weighted by Crippen LogP contribution is 2.26. The maximum atomic E-state index is 13.6. The molecular weight excluding hydrogens is 361 g/mol. The van der Waals surface area contributed by atoms with Crippen LogP contribution in [0.15, 0.2) is 60.3 Å². The summed E-state index contributed by atoms with van der Waals surface area (Å²) in [6.07, 6.45) is 3.31. The van der Waals surface area contributed by atoms with E-state index in [1.54, 1.807) is 0 Å². The second-order valence-corrected chi connectivity index (χ2v) is 6.33. The second kappa shape index (κ2) is 6.77. The lowest BCUT2D eigenvalue weighted by atomic mass is 10.1. The number of anilines is 1. The summed E-state index contributed by atoms with van der Waals surface area (Å²) in [5, 5.41) is 3.03. The fourth-order valence-corrected chi connectivity index (χ4v) is 3.31. The van der Waals surface area contributed by atoms with Crippen molar-refractivity contribution >= 4 is 40.5 Å². The molecule has 1 aromatic heterocycles. The van der Waals surface area contributed by atoms with Crippen molar-refractivity contribution in [3.63, 3.8) is 0 Å². The normalized spacial score (nSPS) is 16.1. The lowest BCUT2D eigenvalue weighted by Gasteiger charge is -2.26. The Labute approximate surface area is 159 Å². The third-order valence-electron chi connectivity index (χ3n) is 4.63. The van der Waals surface area contributed by atoms with Gasteiger partial charge in [-0.1, -0.05) is 24.3 Å². The van der Waals surface area contributed by atoms with Crippen molar-refractivity contribution in [2.45, 2.75) is 13.5 Å². The third kappa shape index (κ3) is 2.87. The number of amides is 4. The summed E-state index contributed by atoms with van der Waals surface area (Å²) in [6.45, 7) is 2.71. The summed E-state index contributed by atoms with van der Waals surface area (Å²) in [7, 11) is 0. The lowest BCUT2D eigenvalue weighted by Crippen LogP contribution is -2.54. The molecule has 6 nitrogen and oxygen atoms in total. The Balaban J connectivity index is 1.82. The summed E-state index contributed by atoms with van der Waals surface area (Å²) in [6, 6.07) is 11.8. The van der Waals surface area contributed by atoms with E-state index < -0.39 is 23.7 Å². The number of rotatable bonds is 3. The van der Waals surface area contributed by atoms with Gasteiger partial charge in [-0.15, -0.1) is 0 Å². The fraction of sp³-hybridized carbons (Fsp3) is 0.0952. The quantitative estimate of drug-likeness (QED) is 0.561. The van der Waals surface area contributed by atoms with Crippen molar-refractivity contribution in [3.05, 3.63) is 71.7 Å². The van der Waals surface area contributed by atoms with Crippen molar-refractivity contribution in [1.82, 2.24) is 9.88 Å². The van der Waals surface area contributed by atoms with E-state index in [-0.39, 0.29) is 11.3 Å². The first-order valence-corrected chi connectivity index (χ1v) is 8.74. The van der Waals surface area contributed by atoms with Gasteiger partial charge >= 0.3 is 6.03 Å². The number of urea groups is 1. The number of barbiturate groups is 1. The summed E-state index contributed by atoms with van der Waals surface area (Å²) in [5.41, 5.74) is 1.52. The Hall–Kier alpha value is -3.74. The molecule has 140 valence electrons. The van der Waals surface area contributed by atoms with Gasteiger partial charge in [0.25, 0.3) is 11.8 Å². The topological polar surface area (TPSA) is 71.4 Å². The number of carbonyl (C=O) groups is 3. The van der Waals surface area contributed by atoms with E-state index in [0.717, 1.165) is 28.4 Å². The average Bonchev–Trinajstić information content (AvgIpc) is 3.03. The van der Waals surface area contributed by atoms with Crippen LogP contribution >= 0.6 is 0 Å². The first-order valence-electron chi connectivity index (χ1n) is 8.74. The number of imide groups is 2. The molecule has 4 amide bonds. The number of hydrogen-bond acceptors (Lipinski definition) is 3. The van der Waals surface area contributed by atoms with E-state index in [1.807, 2.05) is 42.0 Å². The molecule has 1 aliphatic rings. The number of nitrogens with zero attached hydrogens (tertiary/aromatic N) is 2. The van der Waals surface area contributed by atoms with Gasteiger partial charge in [-0.2, -0.15) is 0 Å². The summed E-state index contributed by atoms with van der Waals surface area (Å²) < 4.78 is 15.6. The first kappa shape index (κ1) is 17.7. The SMILES string of the molecule is CCn1cc(/C=C2\C(=O)NC(=O)N(c3cccc(F)c3)C2=O)c2ccccc21. The molecule has 28 heavy (non-hydrogen) atoms. The van der Waals surface area contributed by atoms with Crippen LogP contribution in [-0.2, 0) is 16.1 Å². The van der Waals surface area contributed by atoms with Crippen molar-refractivity contribution in [1.29, 1.82) is 0 Å². The highest BCUT2D eigenvalue weighted by Gasteiger charge is 2.37. The van der Waals surface area contributed by atoms with E-state index >= 15 is 0 Å². The number of benzene rings is 2. The van der Waals surface area contributed by atoms with Gasteiger partial charge in [-0.25, -0.2) is 14.1 Å². The summed E-state index contributed by atoms with van der Waals surface area (Å²) in [4.78, 5) is 38.2. The van der Waals surface area contributed by atoms with Crippen molar-refractivity contribution in [3.8, 4) is 0 Å². The number of hydrogen-bond donors (Lipinski definition) is 1. The van der Waals surface area contributed by atoms with Crippen LogP contribution in [0.3, 0.4) is 0 Å². The molecule has 0 aliphatic carbocycles. The van der Waals surface area contributed by atoms with Crippen LogP contribution in [0, 0.1) is 5.82 Å². The molecule has 0 spiro atoms. The molecule has 1 saturated heterocycles. The summed E-state index contributed by atoms with van der Waals surface area (Å²) in [5.74, 6) is -2.17. The lowest BCUT2D eigenvalue weighted by molar-refractivity contribution is -0.122. The number of halogens is 1. The Morgan fingerprint density at radius 3 is 2.61 bits per heavy atom. The Morgan fingerprint density at radius 1 is 1.07 bits per heavy atom. The largest absolute Gasteiger partial charge is 0.347 e. The smallest absolute Gasteiger partial charge is 0.335 e. The van der Waals surface area contributed by atoms with Crippen LogP contribution in [0.1, 0.15) is 12.5 Å². The standard InChI is InChI=1S/C21H16FN3O3/c1-2-24-12-13(16-8-3-4-9-18(16)24)10-17-19(26)23-21(28)25(20(17)27)15-7-5-6-14(22)11-15/h3-12H,2H2,1H3,(H,23,26,28)/b17-10+. The zero-order valence-electron chi connectivity index (χ0n) is 15.0. The Bertz CT molecular complexity index is 1160. The molecule has 1 fully saturated rings. The van der Waals surface area contributed by atoms with Gasteiger partial charge in [0, 0.05) is 29.2 Å². The van der Waals surface area contributed by atoms with Gasteiger partial charge in [-0.3, -0.25) is 14.9 Å². The second-order valence-electron chi connectivity index (χ2n) is 6.33. The van der Waals surface area contributed by atoms with Crippen LogP contribution in [-0.4, -0.2) is 22.4 Å². The molecule has 0 saturated carbocycles. The van der Waals surface area contributed by atoms with Gasteiger partial charge in [0.15, 0.2) is 0 Å². The minimum absolute atomic E-state index is 0.0527. The van der Waals surface area contributed by atoms with Gasteiger partial charge in [-0.05, 0) is 37.3 Å². The molecule has 0 radical (unpaired) electrons. The molecule has 0 bridgehead atoms. The van der Waals surface area contributed by atoms with Gasteiger partial charge in [0.1, 0.15) is 11.4 Å². The van der Waals surface area contributed by atoms with Crippen molar-refractivity contribution in [2.75, 3.05) is 4.90 Å². The van der Waals surface area contributed by atoms with Crippen LogP contribution in [0.5, 0.6) is 0 Å². The van der Waals surface area contributed by atoms with Crippen LogP contribution in [0.4, 0.5) is 14.9 Å². The van der Waals surface area contributed by atoms with Gasteiger partial charge < -0.3 is 4.57 Å². The predicted molar refractivity (Wildman–Crippen MR) is 103 cm³/mol. The number of fused-ring (bicyclic) bond motifs is 1. The minimum Gasteiger partial charge on any atom is -0.347 e. The zero-order chi connectivity index (χ0) is 19.8. The number of nitrogens with one attached hydrogen (secondary N) is 1. The first-order chi connectivity index (χ1) is 13.5. The number of aromatic nitrogens is 1. The van der Waals surface area contributed by atoms with Gasteiger partial charge in [0.2, 0.25) is 0 Å². The average molecular weight is 377 g/mol. The molecule has 0 atom stereocenters. The van der Waals surface area contributed by atoms with E-state index in [4.69, 9.17) is 0 Å². The van der Waals surface area contributed by atoms with Crippen LogP contribution < -0.4 is 10.2 Å². The minimum atomic E-state index is -0.909. The highest BCUT2D eigenvalue weighted by molar-refractivity contribution is 6.39. The van der Waals surface area contributed by atoms with Gasteiger partial charge in [0.05, 0.1) is 5.69 Å². The maximum Gasteiger partial charge on any atom is 0.335 e. The molecule has 1 N–H and O–H groups in total. The van der Waals surface area contributed by atoms with E-state index in [2.05, 4.69) is 5.32 Å². The van der Waals surface area contributed by atoms with E-state index in [9.17, 15) is 18.8 Å². The number of aryl methyl sites for hydroxylation is 1. The molecule has 7 heteroatoms. The number of para-hydroxylation sites is 1. The monoisotopic (exact) mass is 377 g/mol. The molecule has 4 rings (SSSR count). The van der Waals surface area contributed by atoms with Crippen LogP contribution in [0.25, 0.3) is 17.0 Å². The number of carbonyl (C=O) groups excluding carboxylic acids is 3. The molecule has 1 aliphatic heterocycles. The van der Waals surface area contributed by atoms with E-state index in [1.165, 1.54) is 24.3 Å². The molecule has 0 unspecified atom stereocenters. The molecular formula is C21H16FN3O3. The molecule has 3 aromatic rings. The highest BCUT2D eigenvalue weighted by atomic mass is 19.1. The van der Waals surface area contributed by atoms with Crippen molar-refractivity contribution < 1.29 is 18.8 Å². The maximum absolute atomic E-state index is 13.6. The fourth-order valence-electron chi connectivity index (χ4n) is 3.31. The summed E-state index contributed by atoms with van der Waals surface area (Å²) >= 11 is 0.